The summed E-state index contributed by atoms with van der Waals surface area (Å²) in [5.74, 6) is 1.07. The second kappa shape index (κ2) is 11.1. The molecule has 0 aromatic heterocycles. The van der Waals surface area contributed by atoms with Gasteiger partial charge in [0.15, 0.2) is 17.3 Å². The van der Waals surface area contributed by atoms with Crippen molar-refractivity contribution in [1.29, 1.82) is 0 Å². The molecule has 5 rings (SSSR count). The molecule has 7 nitrogen and oxygen atoms in total. The van der Waals surface area contributed by atoms with E-state index in [4.69, 9.17) is 14.2 Å². The maximum absolute atomic E-state index is 13.9. The van der Waals surface area contributed by atoms with Gasteiger partial charge in [0.2, 0.25) is 0 Å². The van der Waals surface area contributed by atoms with Crippen molar-refractivity contribution in [1.82, 2.24) is 5.32 Å². The SMILES string of the molecule is COc1ccccc1NC(=O)C1=C(C)NC2=C(C(=O)C[C@@H](c3ccc(OC)c(OC)c3)C2)[C@@H]1c1ccccc1. The van der Waals surface area contributed by atoms with E-state index in [0.717, 1.165) is 22.5 Å². The number of hydrogen-bond acceptors (Lipinski definition) is 6. The predicted octanol–water partition coefficient (Wildman–Crippen LogP) is 5.71. The monoisotopic (exact) mass is 524 g/mol. The fourth-order valence-corrected chi connectivity index (χ4v) is 5.60. The molecule has 2 atom stereocenters. The Bertz CT molecular complexity index is 1470. The van der Waals surface area contributed by atoms with Gasteiger partial charge < -0.3 is 24.8 Å². The first-order valence-corrected chi connectivity index (χ1v) is 12.9. The third kappa shape index (κ3) is 5.00. The van der Waals surface area contributed by atoms with Crippen LogP contribution >= 0.6 is 0 Å². The van der Waals surface area contributed by atoms with Gasteiger partial charge in [-0.05, 0) is 54.7 Å². The smallest absolute Gasteiger partial charge is 0.254 e. The summed E-state index contributed by atoms with van der Waals surface area (Å²) in [4.78, 5) is 27.7. The van der Waals surface area contributed by atoms with Crippen LogP contribution in [0.25, 0.3) is 0 Å². The van der Waals surface area contributed by atoms with Crippen molar-refractivity contribution in [3.8, 4) is 17.2 Å². The molecule has 1 aliphatic carbocycles. The van der Waals surface area contributed by atoms with Crippen LogP contribution in [0, 0.1) is 0 Å². The quantitative estimate of drug-likeness (QED) is 0.412. The summed E-state index contributed by atoms with van der Waals surface area (Å²) in [5, 5.41) is 6.44. The molecule has 0 unspecified atom stereocenters. The highest BCUT2D eigenvalue weighted by Gasteiger charge is 2.41. The molecule has 2 aliphatic rings. The normalized spacial score (nSPS) is 18.7. The molecule has 0 saturated heterocycles. The third-order valence-electron chi connectivity index (χ3n) is 7.44. The highest BCUT2D eigenvalue weighted by molar-refractivity contribution is 6.10. The fraction of sp³-hybridized carbons (Fsp3) is 0.250. The standard InChI is InChI=1S/C32H32N2O5/c1-19-29(32(36)34-23-12-8-9-13-26(23)37-2)30(20-10-6-5-7-11-20)31-24(33-19)16-22(17-25(31)35)21-14-15-27(38-3)28(18-21)39-4/h5-15,18,22,30,33H,16-17H2,1-4H3,(H,34,36)/t22-,30+/m0/s1. The molecule has 0 fully saturated rings. The van der Waals surface area contributed by atoms with Gasteiger partial charge in [-0.1, -0.05) is 48.5 Å². The number of allylic oxidation sites excluding steroid dienone is 3. The van der Waals surface area contributed by atoms with E-state index >= 15 is 0 Å². The molecule has 1 heterocycles. The number of para-hydroxylation sites is 2. The Kier molecular flexibility index (Phi) is 7.41. The number of hydrogen-bond donors (Lipinski definition) is 2. The van der Waals surface area contributed by atoms with Crippen LogP contribution in [-0.4, -0.2) is 33.0 Å². The Morgan fingerprint density at radius 3 is 2.23 bits per heavy atom. The van der Waals surface area contributed by atoms with Crippen LogP contribution in [0.4, 0.5) is 5.69 Å². The van der Waals surface area contributed by atoms with Crippen molar-refractivity contribution in [3.63, 3.8) is 0 Å². The number of Topliss-reactive ketones (excluding diaryl/α,β-unsaturated/α-hetero) is 1. The number of nitrogens with one attached hydrogen (secondary N) is 2. The first-order valence-electron chi connectivity index (χ1n) is 12.9. The Morgan fingerprint density at radius 2 is 1.51 bits per heavy atom. The number of ether oxygens (including phenoxy) is 3. The number of methoxy groups -OCH3 is 3. The van der Waals surface area contributed by atoms with Crippen molar-refractivity contribution in [2.24, 2.45) is 0 Å². The lowest BCUT2D eigenvalue weighted by Gasteiger charge is -2.37. The molecule has 1 amide bonds. The molecule has 200 valence electrons. The molecular weight excluding hydrogens is 492 g/mol. The molecule has 2 N–H and O–H groups in total. The van der Waals surface area contributed by atoms with Crippen LogP contribution in [0.15, 0.2) is 95.3 Å². The van der Waals surface area contributed by atoms with E-state index in [-0.39, 0.29) is 17.6 Å². The summed E-state index contributed by atoms with van der Waals surface area (Å²) in [6.07, 6.45) is 0.971. The van der Waals surface area contributed by atoms with Gasteiger partial charge in [0.05, 0.1) is 27.0 Å². The number of ketones is 1. The summed E-state index contributed by atoms with van der Waals surface area (Å²) in [5.41, 5.74) is 5.21. The van der Waals surface area contributed by atoms with Gasteiger partial charge in [0.25, 0.3) is 5.91 Å². The molecule has 3 aromatic rings. The van der Waals surface area contributed by atoms with Crippen LogP contribution in [0.2, 0.25) is 0 Å². The minimum Gasteiger partial charge on any atom is -0.495 e. The van der Waals surface area contributed by atoms with Crippen molar-refractivity contribution >= 4 is 17.4 Å². The zero-order chi connectivity index (χ0) is 27.5. The van der Waals surface area contributed by atoms with E-state index in [2.05, 4.69) is 10.6 Å². The van der Waals surface area contributed by atoms with Gasteiger partial charge in [-0.25, -0.2) is 0 Å². The van der Waals surface area contributed by atoms with E-state index in [1.165, 1.54) is 0 Å². The molecule has 1 aliphatic heterocycles. The maximum atomic E-state index is 13.9. The number of carbonyl (C=O) groups is 2. The summed E-state index contributed by atoms with van der Waals surface area (Å²) < 4.78 is 16.3. The molecule has 3 aromatic carbocycles. The van der Waals surface area contributed by atoms with E-state index in [9.17, 15) is 9.59 Å². The highest BCUT2D eigenvalue weighted by Crippen LogP contribution is 2.46. The molecule has 0 bridgehead atoms. The van der Waals surface area contributed by atoms with E-state index in [1.807, 2.05) is 67.6 Å². The lowest BCUT2D eigenvalue weighted by atomic mass is 9.71. The average molecular weight is 525 g/mol. The summed E-state index contributed by atoms with van der Waals surface area (Å²) in [6, 6.07) is 22.8. The second-order valence-electron chi connectivity index (χ2n) is 9.70. The van der Waals surface area contributed by atoms with E-state index < -0.39 is 5.92 Å². The van der Waals surface area contributed by atoms with E-state index in [0.29, 0.717) is 46.9 Å². The number of amides is 1. The maximum Gasteiger partial charge on any atom is 0.254 e. The summed E-state index contributed by atoms with van der Waals surface area (Å²) in [6.45, 7) is 1.89. The minimum atomic E-state index is -0.490. The van der Waals surface area contributed by atoms with Gasteiger partial charge in [0.1, 0.15) is 5.75 Å². The molecule has 0 spiro atoms. The Labute approximate surface area is 228 Å². The van der Waals surface area contributed by atoms with Gasteiger partial charge >= 0.3 is 0 Å². The Morgan fingerprint density at radius 1 is 0.821 bits per heavy atom. The van der Waals surface area contributed by atoms with Crippen LogP contribution in [0.1, 0.15) is 42.7 Å². The highest BCUT2D eigenvalue weighted by atomic mass is 16.5. The average Bonchev–Trinajstić information content (AvgIpc) is 2.96. The van der Waals surface area contributed by atoms with Crippen LogP contribution in [0.5, 0.6) is 17.2 Å². The Balaban J connectivity index is 1.53. The minimum absolute atomic E-state index is 0.0208. The van der Waals surface area contributed by atoms with Crippen LogP contribution < -0.4 is 24.8 Å². The molecule has 39 heavy (non-hydrogen) atoms. The fourth-order valence-electron chi connectivity index (χ4n) is 5.60. The summed E-state index contributed by atoms with van der Waals surface area (Å²) >= 11 is 0. The van der Waals surface area contributed by atoms with Crippen molar-refractivity contribution < 1.29 is 23.8 Å². The van der Waals surface area contributed by atoms with Gasteiger partial charge in [-0.2, -0.15) is 0 Å². The number of carbonyl (C=O) groups excluding carboxylic acids is 2. The van der Waals surface area contributed by atoms with Crippen LogP contribution in [0.3, 0.4) is 0 Å². The number of anilines is 1. The lowest BCUT2D eigenvalue weighted by Crippen LogP contribution is -2.37. The first-order chi connectivity index (χ1) is 18.9. The number of rotatable bonds is 7. The zero-order valence-electron chi connectivity index (χ0n) is 22.5. The predicted molar refractivity (Wildman–Crippen MR) is 150 cm³/mol. The van der Waals surface area contributed by atoms with Crippen molar-refractivity contribution in [3.05, 3.63) is 106 Å². The molecule has 0 radical (unpaired) electrons. The summed E-state index contributed by atoms with van der Waals surface area (Å²) in [7, 11) is 4.77. The molecule has 7 heteroatoms. The topological polar surface area (TPSA) is 85.9 Å². The second-order valence-corrected chi connectivity index (χ2v) is 9.70. The lowest BCUT2D eigenvalue weighted by molar-refractivity contribution is -0.116. The third-order valence-corrected chi connectivity index (χ3v) is 7.44. The van der Waals surface area contributed by atoms with Gasteiger partial charge in [-0.3, -0.25) is 9.59 Å². The van der Waals surface area contributed by atoms with Gasteiger partial charge in [0, 0.05) is 34.9 Å². The first kappa shape index (κ1) is 26.1. The van der Waals surface area contributed by atoms with E-state index in [1.54, 1.807) is 33.5 Å². The van der Waals surface area contributed by atoms with Crippen molar-refractivity contribution in [2.45, 2.75) is 31.6 Å². The van der Waals surface area contributed by atoms with Crippen LogP contribution in [-0.2, 0) is 9.59 Å². The molecular formula is C32H32N2O5. The Hall–Kier alpha value is -4.52. The van der Waals surface area contributed by atoms with Crippen molar-refractivity contribution in [2.75, 3.05) is 26.6 Å². The zero-order valence-corrected chi connectivity index (χ0v) is 22.5. The molecule has 0 saturated carbocycles. The number of benzene rings is 3. The largest absolute Gasteiger partial charge is 0.495 e. The van der Waals surface area contributed by atoms with Gasteiger partial charge in [-0.15, -0.1) is 0 Å². The number of dihydropyridines is 1.